The lowest BCUT2D eigenvalue weighted by molar-refractivity contribution is -0.131. The molecule has 1 aliphatic heterocycles. The van der Waals surface area contributed by atoms with Crippen molar-refractivity contribution in [3.05, 3.63) is 0 Å². The number of nitrogens with two attached hydrogens (primary N) is 1. The van der Waals surface area contributed by atoms with Gasteiger partial charge in [0.15, 0.2) is 0 Å². The Balaban J connectivity index is 2.55. The Labute approximate surface area is 108 Å². The van der Waals surface area contributed by atoms with Crippen molar-refractivity contribution in [1.82, 2.24) is 9.80 Å². The first kappa shape index (κ1) is 14.9. The molecule has 2 N–H and O–H groups in total. The smallest absolute Gasteiger partial charge is 0.236 e. The average molecular weight is 257 g/mol. The van der Waals surface area contributed by atoms with Gasteiger partial charge in [0.25, 0.3) is 0 Å². The number of carbonyl (C=O) groups is 2. The second-order valence-electron chi connectivity index (χ2n) is 5.02. The zero-order valence-corrected chi connectivity index (χ0v) is 11.4. The topological polar surface area (TPSA) is 75.9 Å². The van der Waals surface area contributed by atoms with Gasteiger partial charge in [-0.15, -0.1) is 0 Å². The van der Waals surface area contributed by atoms with E-state index in [1.54, 1.807) is 26.1 Å². The van der Waals surface area contributed by atoms with Crippen LogP contribution in [0.3, 0.4) is 0 Å². The predicted molar refractivity (Wildman–Crippen MR) is 67.8 cm³/mol. The van der Waals surface area contributed by atoms with Crippen LogP contribution in [0, 0.1) is 5.92 Å². The number of piperidine rings is 1. The van der Waals surface area contributed by atoms with Gasteiger partial charge >= 0.3 is 0 Å². The lowest BCUT2D eigenvalue weighted by atomic mass is 9.91. The molecule has 2 amide bonds. The van der Waals surface area contributed by atoms with Crippen LogP contribution in [-0.2, 0) is 14.3 Å². The number of likely N-dealkylation sites (N-methyl/N-ethyl adjacent to an activating group) is 1. The Hall–Kier alpha value is -1.14. The third-order valence-electron chi connectivity index (χ3n) is 3.37. The molecule has 104 valence electrons. The second kappa shape index (κ2) is 6.70. The molecule has 0 aromatic heterocycles. The predicted octanol–water partition coefficient (Wildman–Crippen LogP) is -0.713. The molecule has 1 rings (SSSR count). The first-order valence-corrected chi connectivity index (χ1v) is 6.17. The van der Waals surface area contributed by atoms with Gasteiger partial charge in [0.05, 0.1) is 12.6 Å². The van der Waals surface area contributed by atoms with Crippen molar-refractivity contribution >= 4 is 11.8 Å². The SMILES string of the molecule is CO[C@@H]1CCN(CC(=O)N(C)C)C[C@H]1CC(N)=O. The zero-order valence-electron chi connectivity index (χ0n) is 11.4. The molecule has 6 nitrogen and oxygen atoms in total. The maximum Gasteiger partial charge on any atom is 0.236 e. The van der Waals surface area contributed by atoms with E-state index < -0.39 is 0 Å². The lowest BCUT2D eigenvalue weighted by Crippen LogP contribution is -2.48. The second-order valence-corrected chi connectivity index (χ2v) is 5.02. The minimum absolute atomic E-state index is 0.0585. The van der Waals surface area contributed by atoms with Crippen LogP contribution in [-0.4, -0.2) is 68.6 Å². The minimum atomic E-state index is -0.317. The summed E-state index contributed by atoms with van der Waals surface area (Å²) >= 11 is 0. The third-order valence-corrected chi connectivity index (χ3v) is 3.37. The molecule has 18 heavy (non-hydrogen) atoms. The van der Waals surface area contributed by atoms with E-state index in [1.807, 2.05) is 0 Å². The summed E-state index contributed by atoms with van der Waals surface area (Å²) in [5.41, 5.74) is 5.25. The highest BCUT2D eigenvalue weighted by Crippen LogP contribution is 2.22. The number of carbonyl (C=O) groups excluding carboxylic acids is 2. The highest BCUT2D eigenvalue weighted by Gasteiger charge is 2.31. The van der Waals surface area contributed by atoms with Crippen LogP contribution in [0.4, 0.5) is 0 Å². The van der Waals surface area contributed by atoms with Crippen molar-refractivity contribution in [3.8, 4) is 0 Å². The van der Waals surface area contributed by atoms with Crippen LogP contribution in [0.5, 0.6) is 0 Å². The van der Waals surface area contributed by atoms with Crippen molar-refractivity contribution in [2.24, 2.45) is 11.7 Å². The average Bonchev–Trinajstić information content (AvgIpc) is 2.28. The first-order valence-electron chi connectivity index (χ1n) is 6.17. The highest BCUT2D eigenvalue weighted by atomic mass is 16.5. The van der Waals surface area contributed by atoms with E-state index in [2.05, 4.69) is 4.90 Å². The molecule has 0 aromatic rings. The molecule has 2 atom stereocenters. The van der Waals surface area contributed by atoms with Gasteiger partial charge in [-0.1, -0.05) is 0 Å². The van der Waals surface area contributed by atoms with Crippen molar-refractivity contribution in [3.63, 3.8) is 0 Å². The molecule has 0 spiro atoms. The van der Waals surface area contributed by atoms with Crippen LogP contribution < -0.4 is 5.73 Å². The summed E-state index contributed by atoms with van der Waals surface area (Å²) in [6, 6.07) is 0. The Kier molecular flexibility index (Phi) is 5.55. The highest BCUT2D eigenvalue weighted by molar-refractivity contribution is 5.77. The largest absolute Gasteiger partial charge is 0.381 e. The number of likely N-dealkylation sites (tertiary alicyclic amines) is 1. The van der Waals surface area contributed by atoms with E-state index in [-0.39, 0.29) is 23.8 Å². The fraction of sp³-hybridized carbons (Fsp3) is 0.833. The summed E-state index contributed by atoms with van der Waals surface area (Å²) in [4.78, 5) is 26.3. The molecule has 0 unspecified atom stereocenters. The number of rotatable bonds is 5. The Bertz CT molecular complexity index is 307. The molecule has 0 aromatic carbocycles. The van der Waals surface area contributed by atoms with E-state index >= 15 is 0 Å². The van der Waals surface area contributed by atoms with Crippen molar-refractivity contribution in [1.29, 1.82) is 0 Å². The van der Waals surface area contributed by atoms with E-state index in [9.17, 15) is 9.59 Å². The zero-order chi connectivity index (χ0) is 13.7. The molecule has 0 bridgehead atoms. The molecular weight excluding hydrogens is 234 g/mol. The summed E-state index contributed by atoms with van der Waals surface area (Å²) in [7, 11) is 5.13. The van der Waals surface area contributed by atoms with E-state index in [4.69, 9.17) is 10.5 Å². The molecule has 1 saturated heterocycles. The van der Waals surface area contributed by atoms with Crippen LogP contribution in [0.2, 0.25) is 0 Å². The van der Waals surface area contributed by atoms with Crippen LogP contribution in [0.1, 0.15) is 12.8 Å². The van der Waals surface area contributed by atoms with Gasteiger partial charge in [0, 0.05) is 46.6 Å². The maximum atomic E-state index is 11.7. The number of methoxy groups -OCH3 is 1. The van der Waals surface area contributed by atoms with Gasteiger partial charge in [-0.25, -0.2) is 0 Å². The molecule has 6 heteroatoms. The first-order chi connectivity index (χ1) is 8.43. The quantitative estimate of drug-likeness (QED) is 0.706. The summed E-state index contributed by atoms with van der Waals surface area (Å²) in [6.45, 7) is 1.88. The molecule has 0 radical (unpaired) electrons. The van der Waals surface area contributed by atoms with Gasteiger partial charge in [-0.2, -0.15) is 0 Å². The molecular formula is C12H23N3O3. The van der Waals surface area contributed by atoms with Crippen molar-refractivity contribution in [2.45, 2.75) is 18.9 Å². The monoisotopic (exact) mass is 257 g/mol. The fourth-order valence-corrected chi connectivity index (χ4v) is 2.33. The van der Waals surface area contributed by atoms with Crippen molar-refractivity contribution < 1.29 is 14.3 Å². The van der Waals surface area contributed by atoms with Gasteiger partial charge in [-0.05, 0) is 6.42 Å². The Morgan fingerprint density at radius 3 is 2.61 bits per heavy atom. The Morgan fingerprint density at radius 1 is 1.44 bits per heavy atom. The minimum Gasteiger partial charge on any atom is -0.381 e. The summed E-state index contributed by atoms with van der Waals surface area (Å²) in [5, 5.41) is 0. The van der Waals surface area contributed by atoms with Gasteiger partial charge in [0.2, 0.25) is 11.8 Å². The molecule has 1 heterocycles. The molecule has 0 aliphatic carbocycles. The van der Waals surface area contributed by atoms with E-state index in [0.717, 1.165) is 13.0 Å². The number of primary amides is 1. The van der Waals surface area contributed by atoms with Gasteiger partial charge in [-0.3, -0.25) is 14.5 Å². The molecule has 0 saturated carbocycles. The normalized spacial score (nSPS) is 24.8. The number of hydrogen-bond donors (Lipinski definition) is 1. The number of amides is 2. The third kappa shape index (κ3) is 4.27. The summed E-state index contributed by atoms with van der Waals surface area (Å²) < 4.78 is 5.38. The van der Waals surface area contributed by atoms with Crippen LogP contribution in [0.25, 0.3) is 0 Å². The summed E-state index contributed by atoms with van der Waals surface area (Å²) in [5.74, 6) is -0.164. The van der Waals surface area contributed by atoms with Crippen LogP contribution in [0.15, 0.2) is 0 Å². The van der Waals surface area contributed by atoms with E-state index in [1.165, 1.54) is 0 Å². The van der Waals surface area contributed by atoms with Crippen molar-refractivity contribution in [2.75, 3.05) is 40.8 Å². The molecule has 1 aliphatic rings. The number of hydrogen-bond acceptors (Lipinski definition) is 4. The van der Waals surface area contributed by atoms with Gasteiger partial charge in [0.1, 0.15) is 0 Å². The summed E-state index contributed by atoms with van der Waals surface area (Å²) in [6.07, 6.45) is 1.20. The molecule has 1 fully saturated rings. The number of nitrogens with zero attached hydrogens (tertiary/aromatic N) is 2. The lowest BCUT2D eigenvalue weighted by Gasteiger charge is -2.37. The Morgan fingerprint density at radius 2 is 2.11 bits per heavy atom. The standard InChI is InChI=1S/C12H23N3O3/c1-14(2)12(17)8-15-5-4-10(18-3)9(7-15)6-11(13)16/h9-10H,4-8H2,1-3H3,(H2,13,16)/t9-,10-/m1/s1. The van der Waals surface area contributed by atoms with Crippen LogP contribution >= 0.6 is 0 Å². The fourth-order valence-electron chi connectivity index (χ4n) is 2.33. The maximum absolute atomic E-state index is 11.7. The number of ether oxygens (including phenoxy) is 1. The van der Waals surface area contributed by atoms with Gasteiger partial charge < -0.3 is 15.4 Å². The van der Waals surface area contributed by atoms with E-state index in [0.29, 0.717) is 19.5 Å².